The van der Waals surface area contributed by atoms with Crippen LogP contribution in [-0.4, -0.2) is 35.4 Å². The van der Waals surface area contributed by atoms with Crippen molar-refractivity contribution in [3.05, 3.63) is 30.1 Å². The Morgan fingerprint density at radius 2 is 2.25 bits per heavy atom. The molecule has 0 aliphatic carbocycles. The average molecular weight is 221 g/mol. The Balaban J connectivity index is 2.46. The molecular formula is C12H19N3O. The Hall–Kier alpha value is -1.42. The first-order valence-corrected chi connectivity index (χ1v) is 5.65. The maximum Gasteiger partial charge on any atom is 0.234 e. The molecule has 1 aromatic rings. The summed E-state index contributed by atoms with van der Waals surface area (Å²) in [7, 11) is 0. The lowest BCUT2D eigenvalue weighted by Gasteiger charge is -2.18. The van der Waals surface area contributed by atoms with Gasteiger partial charge in [0, 0.05) is 19.3 Å². The summed E-state index contributed by atoms with van der Waals surface area (Å²) in [6.07, 6.45) is 1.77. The normalized spacial score (nSPS) is 10.4. The lowest BCUT2D eigenvalue weighted by atomic mass is 10.3. The molecule has 1 N–H and O–H groups in total. The minimum atomic E-state index is 0.0697. The summed E-state index contributed by atoms with van der Waals surface area (Å²) in [5, 5.41) is 2.80. The van der Waals surface area contributed by atoms with Crippen molar-refractivity contribution in [2.45, 2.75) is 20.4 Å². The summed E-state index contributed by atoms with van der Waals surface area (Å²) in [5.74, 6) is 0.0697. The molecule has 1 rings (SSSR count). The van der Waals surface area contributed by atoms with Gasteiger partial charge < -0.3 is 5.32 Å². The number of hydrogen-bond donors (Lipinski definition) is 1. The zero-order chi connectivity index (χ0) is 11.8. The van der Waals surface area contributed by atoms with Crippen molar-refractivity contribution in [3.63, 3.8) is 0 Å². The van der Waals surface area contributed by atoms with E-state index >= 15 is 0 Å². The Morgan fingerprint density at radius 1 is 1.44 bits per heavy atom. The summed E-state index contributed by atoms with van der Waals surface area (Å²) >= 11 is 0. The maximum atomic E-state index is 11.4. The SMILES string of the molecule is CCNC(=O)CN(CC)Cc1ccccn1. The predicted octanol–water partition coefficient (Wildman–Crippen LogP) is 1.04. The molecule has 0 spiro atoms. The van der Waals surface area contributed by atoms with Gasteiger partial charge in [0.2, 0.25) is 5.91 Å². The highest BCUT2D eigenvalue weighted by Crippen LogP contribution is 2.00. The molecule has 0 aliphatic heterocycles. The molecule has 16 heavy (non-hydrogen) atoms. The first kappa shape index (κ1) is 12.6. The molecule has 0 saturated heterocycles. The number of pyridine rings is 1. The molecule has 0 radical (unpaired) electrons. The van der Waals surface area contributed by atoms with Gasteiger partial charge in [0.05, 0.1) is 12.2 Å². The summed E-state index contributed by atoms with van der Waals surface area (Å²) in [6.45, 7) is 6.64. The van der Waals surface area contributed by atoms with Crippen LogP contribution < -0.4 is 5.32 Å². The molecule has 0 aromatic carbocycles. The third-order valence-corrected chi connectivity index (χ3v) is 2.30. The monoisotopic (exact) mass is 221 g/mol. The first-order chi connectivity index (χ1) is 7.76. The molecular weight excluding hydrogens is 202 g/mol. The number of nitrogens with zero attached hydrogens (tertiary/aromatic N) is 2. The van der Waals surface area contributed by atoms with Crippen LogP contribution in [-0.2, 0) is 11.3 Å². The van der Waals surface area contributed by atoms with Crippen LogP contribution in [0.5, 0.6) is 0 Å². The highest BCUT2D eigenvalue weighted by molar-refractivity contribution is 5.77. The fourth-order valence-corrected chi connectivity index (χ4v) is 1.46. The van der Waals surface area contributed by atoms with Gasteiger partial charge in [0.1, 0.15) is 0 Å². The number of aromatic nitrogens is 1. The molecule has 0 fully saturated rings. The molecule has 1 amide bonds. The van der Waals surface area contributed by atoms with Gasteiger partial charge in [0.25, 0.3) is 0 Å². The van der Waals surface area contributed by atoms with E-state index in [1.54, 1.807) is 6.20 Å². The van der Waals surface area contributed by atoms with Crippen LogP contribution >= 0.6 is 0 Å². The number of likely N-dealkylation sites (N-methyl/N-ethyl adjacent to an activating group) is 2. The van der Waals surface area contributed by atoms with E-state index in [4.69, 9.17) is 0 Å². The standard InChI is InChI=1S/C12H19N3O/c1-3-13-12(16)10-15(4-2)9-11-7-5-6-8-14-11/h5-8H,3-4,9-10H2,1-2H3,(H,13,16). The number of rotatable bonds is 6. The molecule has 0 aliphatic rings. The molecule has 0 atom stereocenters. The number of nitrogens with one attached hydrogen (secondary N) is 1. The molecule has 4 nitrogen and oxygen atoms in total. The van der Waals surface area contributed by atoms with Crippen LogP contribution in [0.2, 0.25) is 0 Å². The van der Waals surface area contributed by atoms with E-state index in [2.05, 4.69) is 15.2 Å². The van der Waals surface area contributed by atoms with Crippen LogP contribution in [0.15, 0.2) is 24.4 Å². The van der Waals surface area contributed by atoms with Crippen molar-refractivity contribution in [2.24, 2.45) is 0 Å². The van der Waals surface area contributed by atoms with Crippen LogP contribution in [0.3, 0.4) is 0 Å². The molecule has 1 aromatic heterocycles. The Morgan fingerprint density at radius 3 is 2.81 bits per heavy atom. The average Bonchev–Trinajstić information content (AvgIpc) is 2.30. The second kappa shape index (κ2) is 6.95. The minimum absolute atomic E-state index is 0.0697. The fourth-order valence-electron chi connectivity index (χ4n) is 1.46. The number of hydrogen-bond acceptors (Lipinski definition) is 3. The molecule has 88 valence electrons. The van der Waals surface area contributed by atoms with Gasteiger partial charge >= 0.3 is 0 Å². The molecule has 0 saturated carbocycles. The largest absolute Gasteiger partial charge is 0.355 e. The number of amides is 1. The molecule has 4 heteroatoms. The fraction of sp³-hybridized carbons (Fsp3) is 0.500. The third-order valence-electron chi connectivity index (χ3n) is 2.30. The van der Waals surface area contributed by atoms with Crippen LogP contribution in [0, 0.1) is 0 Å². The second-order valence-electron chi connectivity index (χ2n) is 3.58. The lowest BCUT2D eigenvalue weighted by Crippen LogP contribution is -2.36. The Bertz CT molecular complexity index is 313. The van der Waals surface area contributed by atoms with Crippen LogP contribution in [0.4, 0.5) is 0 Å². The zero-order valence-corrected chi connectivity index (χ0v) is 9.94. The van der Waals surface area contributed by atoms with Crippen molar-refractivity contribution in [1.29, 1.82) is 0 Å². The van der Waals surface area contributed by atoms with Gasteiger partial charge in [-0.3, -0.25) is 14.7 Å². The van der Waals surface area contributed by atoms with E-state index in [1.807, 2.05) is 32.0 Å². The van der Waals surface area contributed by atoms with E-state index < -0.39 is 0 Å². The molecule has 0 bridgehead atoms. The van der Waals surface area contributed by atoms with Gasteiger partial charge in [0.15, 0.2) is 0 Å². The van der Waals surface area contributed by atoms with E-state index in [9.17, 15) is 4.79 Å². The smallest absolute Gasteiger partial charge is 0.234 e. The van der Waals surface area contributed by atoms with Gasteiger partial charge in [-0.25, -0.2) is 0 Å². The van der Waals surface area contributed by atoms with Gasteiger partial charge in [-0.1, -0.05) is 13.0 Å². The van der Waals surface area contributed by atoms with E-state index in [-0.39, 0.29) is 5.91 Å². The van der Waals surface area contributed by atoms with Crippen molar-refractivity contribution in [2.75, 3.05) is 19.6 Å². The highest BCUT2D eigenvalue weighted by atomic mass is 16.2. The maximum absolute atomic E-state index is 11.4. The van der Waals surface area contributed by atoms with E-state index in [0.717, 1.165) is 12.2 Å². The predicted molar refractivity (Wildman–Crippen MR) is 63.9 cm³/mol. The summed E-state index contributed by atoms with van der Waals surface area (Å²) in [5.41, 5.74) is 0.994. The number of carbonyl (C=O) groups is 1. The van der Waals surface area contributed by atoms with Gasteiger partial charge in [-0.05, 0) is 25.6 Å². The summed E-state index contributed by atoms with van der Waals surface area (Å²) in [4.78, 5) is 17.7. The van der Waals surface area contributed by atoms with E-state index in [0.29, 0.717) is 19.6 Å². The molecule has 1 heterocycles. The third kappa shape index (κ3) is 4.40. The Kier molecular flexibility index (Phi) is 5.50. The van der Waals surface area contributed by atoms with E-state index in [1.165, 1.54) is 0 Å². The van der Waals surface area contributed by atoms with Gasteiger partial charge in [-0.15, -0.1) is 0 Å². The molecule has 0 unspecified atom stereocenters. The van der Waals surface area contributed by atoms with Crippen molar-refractivity contribution >= 4 is 5.91 Å². The van der Waals surface area contributed by atoms with Crippen LogP contribution in [0.1, 0.15) is 19.5 Å². The summed E-state index contributed by atoms with van der Waals surface area (Å²) in [6, 6.07) is 5.83. The Labute approximate surface area is 96.7 Å². The van der Waals surface area contributed by atoms with Crippen LogP contribution in [0.25, 0.3) is 0 Å². The van der Waals surface area contributed by atoms with Gasteiger partial charge in [-0.2, -0.15) is 0 Å². The second-order valence-corrected chi connectivity index (χ2v) is 3.58. The quantitative estimate of drug-likeness (QED) is 0.780. The lowest BCUT2D eigenvalue weighted by molar-refractivity contribution is -0.122. The van der Waals surface area contributed by atoms with Crippen molar-refractivity contribution < 1.29 is 4.79 Å². The zero-order valence-electron chi connectivity index (χ0n) is 9.94. The van der Waals surface area contributed by atoms with Crippen molar-refractivity contribution in [1.82, 2.24) is 15.2 Å². The first-order valence-electron chi connectivity index (χ1n) is 5.65. The topological polar surface area (TPSA) is 45.2 Å². The van der Waals surface area contributed by atoms with Crippen molar-refractivity contribution in [3.8, 4) is 0 Å². The highest BCUT2D eigenvalue weighted by Gasteiger charge is 2.08. The number of carbonyl (C=O) groups excluding carboxylic acids is 1. The summed E-state index contributed by atoms with van der Waals surface area (Å²) < 4.78 is 0. The minimum Gasteiger partial charge on any atom is -0.355 e.